The van der Waals surface area contributed by atoms with E-state index in [4.69, 9.17) is 4.84 Å². The highest BCUT2D eigenvalue weighted by Gasteiger charge is 1.92. The third-order valence-corrected chi connectivity index (χ3v) is 0.917. The summed E-state index contributed by atoms with van der Waals surface area (Å²) in [6.45, 7) is 4.13. The molecular formula is C6H7NO. The molecule has 1 aliphatic rings. The first-order valence-corrected chi connectivity index (χ1v) is 2.40. The van der Waals surface area contributed by atoms with Crippen molar-refractivity contribution < 1.29 is 4.84 Å². The van der Waals surface area contributed by atoms with Crippen LogP contribution in [0.5, 0.6) is 0 Å². The van der Waals surface area contributed by atoms with Crippen LogP contribution in [0.3, 0.4) is 0 Å². The Kier molecular flexibility index (Phi) is 1.47. The molecule has 0 N–H and O–H groups in total. The average molecular weight is 109 g/mol. The lowest BCUT2D eigenvalue weighted by Crippen LogP contribution is -1.95. The standard InChI is InChI=1S/C6H7NO/c1-2-6-3-4-7-8-5-6/h2-4H,1,5H2. The highest BCUT2D eigenvalue weighted by atomic mass is 16.6. The largest absolute Gasteiger partial charge is 0.391 e. The minimum Gasteiger partial charge on any atom is -0.391 e. The van der Waals surface area contributed by atoms with Crippen molar-refractivity contribution in [1.29, 1.82) is 0 Å². The minimum atomic E-state index is 0.556. The Hall–Kier alpha value is -1.05. The SMILES string of the molecule is C=CC1=CC=NOC1. The van der Waals surface area contributed by atoms with Gasteiger partial charge in [-0.3, -0.25) is 0 Å². The van der Waals surface area contributed by atoms with E-state index in [9.17, 15) is 0 Å². The average Bonchev–Trinajstić information content (AvgIpc) is 1.90. The summed E-state index contributed by atoms with van der Waals surface area (Å²) in [6.07, 6.45) is 5.24. The lowest BCUT2D eigenvalue weighted by Gasteiger charge is -2.01. The number of oxime groups is 1. The molecule has 0 saturated carbocycles. The summed E-state index contributed by atoms with van der Waals surface area (Å²) in [4.78, 5) is 4.70. The molecular weight excluding hydrogens is 102 g/mol. The van der Waals surface area contributed by atoms with E-state index < -0.39 is 0 Å². The Labute approximate surface area is 48.1 Å². The van der Waals surface area contributed by atoms with Gasteiger partial charge in [0, 0.05) is 0 Å². The molecule has 0 amide bonds. The third-order valence-electron chi connectivity index (χ3n) is 0.917. The molecule has 0 fully saturated rings. The van der Waals surface area contributed by atoms with E-state index in [-0.39, 0.29) is 0 Å². The second-order valence-corrected chi connectivity index (χ2v) is 1.47. The van der Waals surface area contributed by atoms with Crippen LogP contribution in [0.15, 0.2) is 29.5 Å². The second kappa shape index (κ2) is 2.31. The molecule has 0 atom stereocenters. The number of rotatable bonds is 1. The van der Waals surface area contributed by atoms with Gasteiger partial charge in [0.25, 0.3) is 0 Å². The lowest BCUT2D eigenvalue weighted by atomic mass is 10.2. The molecule has 0 aromatic rings. The van der Waals surface area contributed by atoms with E-state index >= 15 is 0 Å². The summed E-state index contributed by atoms with van der Waals surface area (Å²) in [5.41, 5.74) is 1.07. The zero-order valence-electron chi connectivity index (χ0n) is 4.50. The first-order chi connectivity index (χ1) is 3.93. The second-order valence-electron chi connectivity index (χ2n) is 1.47. The third kappa shape index (κ3) is 0.964. The molecule has 2 nitrogen and oxygen atoms in total. The number of hydrogen-bond acceptors (Lipinski definition) is 2. The van der Waals surface area contributed by atoms with Crippen molar-refractivity contribution in [3.63, 3.8) is 0 Å². The number of hydrogen-bond donors (Lipinski definition) is 0. The quantitative estimate of drug-likeness (QED) is 0.494. The Bertz CT molecular complexity index is 147. The van der Waals surface area contributed by atoms with Gasteiger partial charge in [0.2, 0.25) is 0 Å². The Morgan fingerprint density at radius 1 is 1.88 bits per heavy atom. The van der Waals surface area contributed by atoms with Gasteiger partial charge < -0.3 is 4.84 Å². The van der Waals surface area contributed by atoms with Crippen LogP contribution in [-0.2, 0) is 4.84 Å². The van der Waals surface area contributed by atoms with E-state index in [0.29, 0.717) is 6.61 Å². The first kappa shape index (κ1) is 5.09. The fraction of sp³-hybridized carbons (Fsp3) is 0.167. The Balaban J connectivity index is 2.63. The van der Waals surface area contributed by atoms with Crippen LogP contribution in [0.4, 0.5) is 0 Å². The van der Waals surface area contributed by atoms with Crippen LogP contribution in [0.2, 0.25) is 0 Å². The van der Waals surface area contributed by atoms with Crippen molar-refractivity contribution in [3.05, 3.63) is 24.3 Å². The molecule has 0 aromatic carbocycles. The van der Waals surface area contributed by atoms with Crippen molar-refractivity contribution in [2.24, 2.45) is 5.16 Å². The minimum absolute atomic E-state index is 0.556. The van der Waals surface area contributed by atoms with Crippen LogP contribution in [0.1, 0.15) is 0 Å². The summed E-state index contributed by atoms with van der Waals surface area (Å²) >= 11 is 0. The fourth-order valence-corrected chi connectivity index (χ4v) is 0.456. The highest BCUT2D eigenvalue weighted by Crippen LogP contribution is 1.98. The molecule has 42 valence electrons. The topological polar surface area (TPSA) is 21.6 Å². The molecule has 1 heterocycles. The van der Waals surface area contributed by atoms with Crippen molar-refractivity contribution in [3.8, 4) is 0 Å². The maximum absolute atomic E-state index is 4.70. The Morgan fingerprint density at radius 2 is 2.75 bits per heavy atom. The lowest BCUT2D eigenvalue weighted by molar-refractivity contribution is 0.168. The van der Waals surface area contributed by atoms with Gasteiger partial charge in [0.1, 0.15) is 6.61 Å². The molecule has 2 heteroatoms. The van der Waals surface area contributed by atoms with Gasteiger partial charge in [-0.05, 0) is 11.6 Å². The number of allylic oxidation sites excluding steroid dienone is 1. The zero-order valence-corrected chi connectivity index (χ0v) is 4.50. The van der Waals surface area contributed by atoms with Crippen LogP contribution < -0.4 is 0 Å². The smallest absolute Gasteiger partial charge is 0.142 e. The van der Waals surface area contributed by atoms with Gasteiger partial charge in [0.15, 0.2) is 0 Å². The van der Waals surface area contributed by atoms with Gasteiger partial charge >= 0.3 is 0 Å². The fourth-order valence-electron chi connectivity index (χ4n) is 0.456. The summed E-state index contributed by atoms with van der Waals surface area (Å²) in [7, 11) is 0. The van der Waals surface area contributed by atoms with Crippen molar-refractivity contribution in [2.45, 2.75) is 0 Å². The van der Waals surface area contributed by atoms with E-state index in [1.165, 1.54) is 0 Å². The summed E-state index contributed by atoms with van der Waals surface area (Å²) in [5, 5.41) is 3.53. The van der Waals surface area contributed by atoms with Gasteiger partial charge in [-0.25, -0.2) is 0 Å². The van der Waals surface area contributed by atoms with E-state index in [1.54, 1.807) is 12.3 Å². The molecule has 8 heavy (non-hydrogen) atoms. The van der Waals surface area contributed by atoms with Crippen molar-refractivity contribution >= 4 is 6.21 Å². The maximum atomic E-state index is 4.70. The van der Waals surface area contributed by atoms with Gasteiger partial charge in [-0.1, -0.05) is 17.8 Å². The molecule has 1 rings (SSSR count). The predicted octanol–water partition coefficient (Wildman–Crippen LogP) is 1.11. The summed E-state index contributed by atoms with van der Waals surface area (Å²) in [6, 6.07) is 0. The number of nitrogens with zero attached hydrogens (tertiary/aromatic N) is 1. The van der Waals surface area contributed by atoms with Crippen LogP contribution >= 0.6 is 0 Å². The van der Waals surface area contributed by atoms with E-state index in [2.05, 4.69) is 11.7 Å². The van der Waals surface area contributed by atoms with Gasteiger partial charge in [-0.15, -0.1) is 0 Å². The monoisotopic (exact) mass is 109 g/mol. The highest BCUT2D eigenvalue weighted by molar-refractivity contribution is 5.73. The van der Waals surface area contributed by atoms with Gasteiger partial charge in [0.05, 0.1) is 6.21 Å². The van der Waals surface area contributed by atoms with Crippen LogP contribution in [-0.4, -0.2) is 12.8 Å². The molecule has 0 aromatic heterocycles. The molecule has 1 aliphatic heterocycles. The summed E-state index contributed by atoms with van der Waals surface area (Å²) < 4.78 is 0. The Morgan fingerprint density at radius 3 is 3.12 bits per heavy atom. The van der Waals surface area contributed by atoms with E-state index in [0.717, 1.165) is 5.57 Å². The van der Waals surface area contributed by atoms with E-state index in [1.807, 2.05) is 6.08 Å². The van der Waals surface area contributed by atoms with Crippen molar-refractivity contribution in [1.82, 2.24) is 0 Å². The van der Waals surface area contributed by atoms with Crippen LogP contribution in [0, 0.1) is 0 Å². The zero-order chi connectivity index (χ0) is 5.82. The van der Waals surface area contributed by atoms with Gasteiger partial charge in [-0.2, -0.15) is 0 Å². The molecule has 0 spiro atoms. The van der Waals surface area contributed by atoms with Crippen LogP contribution in [0.25, 0.3) is 0 Å². The molecule has 0 unspecified atom stereocenters. The molecule has 0 radical (unpaired) electrons. The molecule has 0 aliphatic carbocycles. The first-order valence-electron chi connectivity index (χ1n) is 2.40. The normalized spacial score (nSPS) is 16.8. The molecule has 0 saturated heterocycles. The maximum Gasteiger partial charge on any atom is 0.142 e. The predicted molar refractivity (Wildman–Crippen MR) is 32.7 cm³/mol. The summed E-state index contributed by atoms with van der Waals surface area (Å²) in [5.74, 6) is 0. The van der Waals surface area contributed by atoms with Crippen molar-refractivity contribution in [2.75, 3.05) is 6.61 Å². The molecule has 0 bridgehead atoms.